The molecular formula is C28H19Cl2N7Na2O11S3. The Labute approximate surface area is 359 Å². The number of aromatic hydroxyl groups is 1. The topological polar surface area (TPSA) is 267 Å². The molecule has 1 aromatic heterocycles. The number of anilines is 3. The molecule has 0 spiro atoms. The smallest absolute Gasteiger partial charge is 0.726 e. The molecule has 266 valence electrons. The number of sulfone groups is 1. The molecule has 0 aliphatic carbocycles. The Bertz CT molecular complexity index is 2330. The fraction of sp³-hybridized carbons (Fsp3) is 0.0714. The summed E-state index contributed by atoms with van der Waals surface area (Å²) in [5.74, 6) is -1.52. The maximum atomic E-state index is 12.8. The fourth-order valence-electron chi connectivity index (χ4n) is 4.25. The van der Waals surface area contributed by atoms with Gasteiger partial charge in [-0.1, -0.05) is 0 Å². The Morgan fingerprint density at radius 1 is 0.887 bits per heavy atom. The van der Waals surface area contributed by atoms with E-state index in [1.54, 1.807) is 24.3 Å². The van der Waals surface area contributed by atoms with Crippen LogP contribution in [0.1, 0.15) is 10.4 Å². The van der Waals surface area contributed by atoms with E-state index >= 15 is 0 Å². The summed E-state index contributed by atoms with van der Waals surface area (Å²) in [6.07, 6.45) is 0. The van der Waals surface area contributed by atoms with E-state index in [1.165, 1.54) is 48.5 Å². The third-order valence-corrected chi connectivity index (χ3v) is 9.59. The minimum absolute atomic E-state index is 0. The molecule has 0 aliphatic heterocycles. The van der Waals surface area contributed by atoms with Gasteiger partial charge in [0.25, 0.3) is 5.91 Å². The summed E-state index contributed by atoms with van der Waals surface area (Å²) in [5.41, 5.74) is 1.17. The average molecular weight is 843 g/mol. The molecule has 1 amide bonds. The molecule has 18 nitrogen and oxygen atoms in total. The van der Waals surface area contributed by atoms with Crippen molar-refractivity contribution in [1.29, 1.82) is 0 Å². The van der Waals surface area contributed by atoms with Crippen molar-refractivity contribution in [1.82, 2.24) is 15.0 Å². The molecule has 0 saturated carbocycles. The number of phenols is 1. The Kier molecular flexibility index (Phi) is 16.8. The van der Waals surface area contributed by atoms with Crippen LogP contribution < -0.4 is 75.0 Å². The van der Waals surface area contributed by atoms with Crippen LogP contribution in [-0.2, 0) is 33.8 Å². The molecule has 0 bridgehead atoms. The van der Waals surface area contributed by atoms with Crippen molar-refractivity contribution in [3.63, 3.8) is 0 Å². The van der Waals surface area contributed by atoms with Gasteiger partial charge in [0, 0.05) is 22.3 Å². The number of phenolic OH excluding ortho intramolecular Hbond substituents is 1. The van der Waals surface area contributed by atoms with Crippen molar-refractivity contribution in [2.24, 2.45) is 10.2 Å². The fourth-order valence-corrected chi connectivity index (χ4v) is 6.59. The molecule has 5 aromatic rings. The summed E-state index contributed by atoms with van der Waals surface area (Å²) >= 11 is 12.1. The molecule has 25 heteroatoms. The van der Waals surface area contributed by atoms with Gasteiger partial charge in [0.05, 0.1) is 39.9 Å². The first-order valence-corrected chi connectivity index (χ1v) is 18.2. The van der Waals surface area contributed by atoms with Crippen molar-refractivity contribution in [2.75, 3.05) is 23.0 Å². The Morgan fingerprint density at radius 2 is 1.53 bits per heavy atom. The van der Waals surface area contributed by atoms with Crippen LogP contribution in [0.2, 0.25) is 10.6 Å². The summed E-state index contributed by atoms with van der Waals surface area (Å²) < 4.78 is 64.7. The predicted octanol–water partition coefficient (Wildman–Crippen LogP) is -1.06. The molecule has 0 radical (unpaired) electrons. The number of nitrogens with zero attached hydrogens (tertiary/aromatic N) is 5. The van der Waals surface area contributed by atoms with Gasteiger partial charge < -0.3 is 25.6 Å². The van der Waals surface area contributed by atoms with Crippen LogP contribution in [-0.4, -0.2) is 59.7 Å². The second kappa shape index (κ2) is 19.9. The van der Waals surface area contributed by atoms with E-state index in [-0.39, 0.29) is 114 Å². The Hall–Kier alpha value is -2.55. The maximum Gasteiger partial charge on any atom is 1.00 e. The SMILES string of the molecule is O=C(Nc1ccc(S(=O)(=O)CCOS(=O)(=O)[O-])cc1)c1ccc(N=Nc2c(SOO[O-])cc3cc(Nc4nc(Cl)nc(Cl)n4)ccc3c2O)cc1.[Na+].[Na+]. The predicted molar refractivity (Wildman–Crippen MR) is 179 cm³/mol. The van der Waals surface area contributed by atoms with Crippen molar-refractivity contribution in [3.05, 3.63) is 88.9 Å². The zero-order chi connectivity index (χ0) is 36.8. The number of nitrogens with one attached hydrogen (secondary N) is 2. The second-order valence-corrected chi connectivity index (χ2v) is 14.4. The first-order chi connectivity index (χ1) is 24.2. The molecule has 3 N–H and O–H groups in total. The summed E-state index contributed by atoms with van der Waals surface area (Å²) in [4.78, 5) is 24.3. The zero-order valence-electron chi connectivity index (χ0n) is 27.1. The first-order valence-electron chi connectivity index (χ1n) is 13.7. The first kappa shape index (κ1) is 44.8. The number of carbonyl (C=O) groups excluding carboxylic acids is 1. The minimum atomic E-state index is -5.03. The number of rotatable bonds is 14. The number of azo groups is 1. The zero-order valence-corrected chi connectivity index (χ0v) is 35.1. The monoisotopic (exact) mass is 841 g/mol. The summed E-state index contributed by atoms with van der Waals surface area (Å²) in [7, 11) is -9.00. The third-order valence-electron chi connectivity index (χ3n) is 6.49. The van der Waals surface area contributed by atoms with Gasteiger partial charge in [-0.15, -0.1) is 5.11 Å². The molecule has 53 heavy (non-hydrogen) atoms. The van der Waals surface area contributed by atoms with Gasteiger partial charge in [0.15, 0.2) is 15.6 Å². The van der Waals surface area contributed by atoms with Crippen LogP contribution in [0.15, 0.2) is 92.8 Å². The van der Waals surface area contributed by atoms with E-state index in [1.807, 2.05) is 0 Å². The standard InChI is InChI=1S/C28H21Cl2N7O11S3.2Na/c29-26-33-27(30)35-28(34-26)32-19-7-10-21-16(13-19)14-22(49-48-47-40)23(24(21)38)37-36-18-3-1-15(2-4-18)25(39)31-17-5-8-20(9-6-17)50(41,42)12-11-46-51(43,44)45;;/h1-10,13-14,38,40H,11-12H2,(H,31,39)(H,43,44,45)(H,32,33,34,35);;/q;2*+1/p-2. The van der Waals surface area contributed by atoms with Gasteiger partial charge in [0.1, 0.15) is 5.69 Å². The number of benzene rings is 4. The minimum Gasteiger partial charge on any atom is -0.726 e. The normalized spacial score (nSPS) is 11.5. The van der Waals surface area contributed by atoms with E-state index in [0.717, 1.165) is 0 Å². The van der Waals surface area contributed by atoms with Crippen molar-refractivity contribution in [3.8, 4) is 5.75 Å². The Morgan fingerprint density at radius 3 is 2.15 bits per heavy atom. The number of carbonyl (C=O) groups is 1. The van der Waals surface area contributed by atoms with E-state index < -0.39 is 38.5 Å². The number of amides is 1. The van der Waals surface area contributed by atoms with Gasteiger partial charge >= 0.3 is 59.1 Å². The van der Waals surface area contributed by atoms with Gasteiger partial charge in [-0.05, 0) is 101 Å². The summed E-state index contributed by atoms with van der Waals surface area (Å²) in [6.45, 7) is -0.840. The van der Waals surface area contributed by atoms with Crippen LogP contribution in [0.5, 0.6) is 5.75 Å². The summed E-state index contributed by atoms with van der Waals surface area (Å²) in [6, 6.07) is 17.2. The number of fused-ring (bicyclic) bond motifs is 1. The van der Waals surface area contributed by atoms with Gasteiger partial charge in [0.2, 0.25) is 26.9 Å². The second-order valence-electron chi connectivity index (χ2n) is 9.82. The van der Waals surface area contributed by atoms with Gasteiger partial charge in [-0.3, -0.25) is 14.0 Å². The molecule has 0 unspecified atom stereocenters. The van der Waals surface area contributed by atoms with Crippen molar-refractivity contribution in [2.45, 2.75) is 9.79 Å². The molecule has 0 aliphatic rings. The van der Waals surface area contributed by atoms with Crippen molar-refractivity contribution >= 4 is 101 Å². The molecular weight excluding hydrogens is 823 g/mol. The molecule has 1 heterocycles. The molecule has 4 aromatic carbocycles. The number of hydrogen-bond donors (Lipinski definition) is 3. The average Bonchev–Trinajstić information content (AvgIpc) is 3.06. The maximum absolute atomic E-state index is 12.8. The summed E-state index contributed by atoms with van der Waals surface area (Å²) in [5, 5.41) is 39.5. The van der Waals surface area contributed by atoms with E-state index in [9.17, 15) is 36.5 Å². The Balaban J connectivity index is 0.00000378. The largest absolute Gasteiger partial charge is 1.00 e. The molecule has 5 rings (SSSR count). The van der Waals surface area contributed by atoms with E-state index in [0.29, 0.717) is 28.5 Å². The van der Waals surface area contributed by atoms with Crippen molar-refractivity contribution < 1.29 is 109 Å². The van der Waals surface area contributed by atoms with Crippen LogP contribution in [0.25, 0.3) is 10.8 Å². The number of aromatic nitrogens is 3. The van der Waals surface area contributed by atoms with Crippen LogP contribution in [0.4, 0.5) is 28.7 Å². The third kappa shape index (κ3) is 12.7. The number of hydrogen-bond acceptors (Lipinski definition) is 18. The van der Waals surface area contributed by atoms with Crippen LogP contribution in [0.3, 0.4) is 0 Å². The molecule has 0 atom stereocenters. The number of halogens is 2. The quantitative estimate of drug-likeness (QED) is 0.0229. The van der Waals surface area contributed by atoms with Crippen LogP contribution in [0, 0.1) is 0 Å². The van der Waals surface area contributed by atoms with E-state index in [4.69, 9.17) is 23.2 Å². The van der Waals surface area contributed by atoms with Crippen LogP contribution >= 0.6 is 35.2 Å². The van der Waals surface area contributed by atoms with Gasteiger partial charge in [-0.2, -0.15) is 24.4 Å². The van der Waals surface area contributed by atoms with E-state index in [2.05, 4.69) is 49.4 Å². The van der Waals surface area contributed by atoms with Gasteiger partial charge in [-0.25, -0.2) is 16.8 Å². The molecule has 0 fully saturated rings. The molecule has 0 saturated heterocycles.